The van der Waals surface area contributed by atoms with Crippen molar-refractivity contribution < 1.29 is 18.0 Å². The number of benzene rings is 1. The van der Waals surface area contributed by atoms with Gasteiger partial charge in [-0.15, -0.1) is 0 Å². The van der Waals surface area contributed by atoms with Gasteiger partial charge in [-0.1, -0.05) is 5.10 Å². The summed E-state index contributed by atoms with van der Waals surface area (Å²) in [5, 5.41) is 10.7. The number of nitrogens with zero attached hydrogens (tertiary/aromatic N) is 5. The van der Waals surface area contributed by atoms with E-state index in [2.05, 4.69) is 15.5 Å². The Hall–Kier alpha value is -2.10. The second-order valence-corrected chi connectivity index (χ2v) is 4.69. The number of aromatic nitrogens is 4. The van der Waals surface area contributed by atoms with E-state index in [1.165, 1.54) is 8.99 Å². The molecule has 0 radical (unpaired) electrons. The molecule has 0 aliphatic rings. The maximum atomic E-state index is 12.5. The van der Waals surface area contributed by atoms with Crippen LogP contribution < -0.4 is 4.31 Å². The van der Waals surface area contributed by atoms with Gasteiger partial charge in [0.25, 0.3) is 11.9 Å². The molecule has 0 unspecified atom stereocenters. The number of aryl methyl sites for hydroxylation is 1. The highest BCUT2D eigenvalue weighted by molar-refractivity contribution is 8.00. The fourth-order valence-electron chi connectivity index (χ4n) is 1.57. The van der Waals surface area contributed by atoms with Gasteiger partial charge in [0, 0.05) is 18.9 Å². The van der Waals surface area contributed by atoms with Crippen molar-refractivity contribution in [3.8, 4) is 0 Å². The number of carbonyl (C=O) groups excluding carboxylic acids is 1. The van der Waals surface area contributed by atoms with E-state index in [-0.39, 0.29) is 11.5 Å². The summed E-state index contributed by atoms with van der Waals surface area (Å²) in [6.45, 7) is 0. The van der Waals surface area contributed by atoms with Crippen LogP contribution in [-0.4, -0.2) is 32.4 Å². The first kappa shape index (κ1) is 15.3. The van der Waals surface area contributed by atoms with Gasteiger partial charge in [0.2, 0.25) is 0 Å². The minimum Gasteiger partial charge on any atom is -0.268 e. The zero-order valence-electron chi connectivity index (χ0n) is 11.0. The minimum atomic E-state index is -4.44. The first-order valence-corrected chi connectivity index (χ1v) is 6.81. The van der Waals surface area contributed by atoms with Gasteiger partial charge >= 0.3 is 6.18 Å². The molecule has 1 aromatic carbocycles. The Balaban J connectivity index is 2.29. The van der Waals surface area contributed by atoms with Gasteiger partial charge < -0.3 is 0 Å². The SMILES string of the molecule is CSN(C(=O)c1ccc(C(F)(F)F)cc1)c1nnnn1C. The van der Waals surface area contributed by atoms with E-state index >= 15 is 0 Å². The average Bonchev–Trinajstić information content (AvgIpc) is 2.85. The van der Waals surface area contributed by atoms with E-state index in [0.29, 0.717) is 0 Å². The molecule has 0 saturated carbocycles. The molecule has 0 aliphatic heterocycles. The van der Waals surface area contributed by atoms with Gasteiger partial charge in [-0.3, -0.25) is 4.79 Å². The second-order valence-electron chi connectivity index (χ2n) is 3.96. The molecule has 6 nitrogen and oxygen atoms in total. The number of hydrogen-bond acceptors (Lipinski definition) is 5. The highest BCUT2D eigenvalue weighted by atomic mass is 32.2. The number of rotatable bonds is 3. The molecule has 0 fully saturated rings. The monoisotopic (exact) mass is 317 g/mol. The molecule has 0 atom stereocenters. The molecular weight excluding hydrogens is 307 g/mol. The molecule has 1 heterocycles. The summed E-state index contributed by atoms with van der Waals surface area (Å²) in [5.41, 5.74) is -0.699. The van der Waals surface area contributed by atoms with Crippen LogP contribution in [0.15, 0.2) is 24.3 Å². The fourth-order valence-corrected chi connectivity index (χ4v) is 2.16. The van der Waals surface area contributed by atoms with Crippen molar-refractivity contribution in [1.29, 1.82) is 0 Å². The topological polar surface area (TPSA) is 63.9 Å². The molecule has 112 valence electrons. The summed E-state index contributed by atoms with van der Waals surface area (Å²) in [4.78, 5) is 12.3. The molecule has 2 rings (SSSR count). The summed E-state index contributed by atoms with van der Waals surface area (Å²) in [7, 11) is 1.55. The predicted octanol–water partition coefficient (Wildman–Crippen LogP) is 2.15. The zero-order valence-corrected chi connectivity index (χ0v) is 11.8. The standard InChI is InChI=1S/C11H10F3N5OS/c1-18-10(15-16-17-18)19(21-2)9(20)7-3-5-8(6-4-7)11(12,13)14/h3-6H,1-2H3. The smallest absolute Gasteiger partial charge is 0.268 e. The summed E-state index contributed by atoms with van der Waals surface area (Å²) >= 11 is 1.05. The van der Waals surface area contributed by atoms with Crippen molar-refractivity contribution in [2.24, 2.45) is 7.05 Å². The van der Waals surface area contributed by atoms with Crippen molar-refractivity contribution in [3.63, 3.8) is 0 Å². The Kier molecular flexibility index (Phi) is 4.16. The second kappa shape index (κ2) is 5.72. The van der Waals surface area contributed by atoms with Crippen LogP contribution in [0.4, 0.5) is 19.1 Å². The molecule has 0 N–H and O–H groups in total. The fraction of sp³-hybridized carbons (Fsp3) is 0.273. The Labute approximate surface area is 122 Å². The van der Waals surface area contributed by atoms with Crippen molar-refractivity contribution in [2.45, 2.75) is 6.18 Å². The van der Waals surface area contributed by atoms with Crippen molar-refractivity contribution >= 4 is 23.8 Å². The van der Waals surface area contributed by atoms with Crippen LogP contribution in [0, 0.1) is 0 Å². The molecule has 0 bridgehead atoms. The molecule has 0 aliphatic carbocycles. The highest BCUT2D eigenvalue weighted by Crippen LogP contribution is 2.29. The lowest BCUT2D eigenvalue weighted by Crippen LogP contribution is -2.26. The Bertz CT molecular complexity index is 640. The summed E-state index contributed by atoms with van der Waals surface area (Å²) < 4.78 is 40.0. The van der Waals surface area contributed by atoms with Gasteiger partial charge in [0.05, 0.1) is 5.56 Å². The van der Waals surface area contributed by atoms with Crippen LogP contribution in [0.1, 0.15) is 15.9 Å². The maximum absolute atomic E-state index is 12.5. The van der Waals surface area contributed by atoms with Crippen LogP contribution in [0.25, 0.3) is 0 Å². The van der Waals surface area contributed by atoms with Gasteiger partial charge in [-0.2, -0.15) is 13.2 Å². The van der Waals surface area contributed by atoms with Crippen LogP contribution in [0.5, 0.6) is 0 Å². The highest BCUT2D eigenvalue weighted by Gasteiger charge is 2.30. The van der Waals surface area contributed by atoms with E-state index < -0.39 is 17.6 Å². The van der Waals surface area contributed by atoms with E-state index in [1.807, 2.05) is 0 Å². The number of carbonyl (C=O) groups is 1. The zero-order chi connectivity index (χ0) is 15.6. The lowest BCUT2D eigenvalue weighted by Gasteiger charge is -2.17. The van der Waals surface area contributed by atoms with E-state index in [1.54, 1.807) is 13.3 Å². The molecule has 10 heteroatoms. The molecule has 1 aromatic heterocycles. The third kappa shape index (κ3) is 3.15. The van der Waals surface area contributed by atoms with E-state index in [0.717, 1.165) is 36.2 Å². The molecule has 0 spiro atoms. The molecule has 21 heavy (non-hydrogen) atoms. The van der Waals surface area contributed by atoms with Crippen LogP contribution in [0.2, 0.25) is 0 Å². The third-order valence-electron chi connectivity index (χ3n) is 2.61. The third-order valence-corrected chi connectivity index (χ3v) is 3.30. The lowest BCUT2D eigenvalue weighted by molar-refractivity contribution is -0.137. The van der Waals surface area contributed by atoms with E-state index in [9.17, 15) is 18.0 Å². The van der Waals surface area contributed by atoms with Gasteiger partial charge in [-0.25, -0.2) is 8.99 Å². The largest absolute Gasteiger partial charge is 0.416 e. The first-order valence-electron chi connectivity index (χ1n) is 5.62. The normalized spacial score (nSPS) is 11.5. The predicted molar refractivity (Wildman–Crippen MR) is 70.6 cm³/mol. The molecule has 2 aromatic rings. The van der Waals surface area contributed by atoms with Gasteiger partial charge in [0.15, 0.2) is 0 Å². The van der Waals surface area contributed by atoms with Crippen LogP contribution >= 0.6 is 11.9 Å². The van der Waals surface area contributed by atoms with Crippen molar-refractivity contribution in [1.82, 2.24) is 20.2 Å². The average molecular weight is 317 g/mol. The van der Waals surface area contributed by atoms with Crippen LogP contribution in [0.3, 0.4) is 0 Å². The van der Waals surface area contributed by atoms with Gasteiger partial charge in [0.1, 0.15) is 0 Å². The number of hydrogen-bond donors (Lipinski definition) is 0. The maximum Gasteiger partial charge on any atom is 0.416 e. The number of anilines is 1. The molecule has 1 amide bonds. The first-order chi connectivity index (χ1) is 9.84. The lowest BCUT2D eigenvalue weighted by atomic mass is 10.1. The number of amides is 1. The van der Waals surface area contributed by atoms with Crippen molar-refractivity contribution in [2.75, 3.05) is 10.6 Å². The summed E-state index contributed by atoms with van der Waals surface area (Å²) in [5.74, 6) is -0.318. The number of halogens is 3. The summed E-state index contributed by atoms with van der Waals surface area (Å²) in [6, 6.07) is 3.97. The minimum absolute atomic E-state index is 0.111. The van der Waals surface area contributed by atoms with Crippen molar-refractivity contribution in [3.05, 3.63) is 35.4 Å². The van der Waals surface area contributed by atoms with Gasteiger partial charge in [-0.05, 0) is 46.6 Å². The Morgan fingerprint density at radius 1 is 1.29 bits per heavy atom. The van der Waals surface area contributed by atoms with E-state index in [4.69, 9.17) is 0 Å². The van der Waals surface area contributed by atoms with Crippen LogP contribution in [-0.2, 0) is 13.2 Å². The quantitative estimate of drug-likeness (QED) is 0.812. The summed E-state index contributed by atoms with van der Waals surface area (Å²) in [6.07, 6.45) is -2.80. The molecular formula is C11H10F3N5OS. The molecule has 0 saturated heterocycles. The Morgan fingerprint density at radius 3 is 2.33 bits per heavy atom. The Morgan fingerprint density at radius 2 is 1.90 bits per heavy atom. The number of alkyl halides is 3. The number of tetrazole rings is 1.